The minimum absolute atomic E-state index is 0.142. The van der Waals surface area contributed by atoms with Gasteiger partial charge in [-0.1, -0.05) is 23.7 Å². The summed E-state index contributed by atoms with van der Waals surface area (Å²) in [5.74, 6) is 0. The van der Waals surface area contributed by atoms with E-state index in [0.717, 1.165) is 10.6 Å². The number of aliphatic hydroxyl groups excluding tert-OH is 1. The lowest BCUT2D eigenvalue weighted by Crippen LogP contribution is -2.34. The molecule has 0 aromatic heterocycles. The molecule has 19 heavy (non-hydrogen) atoms. The number of ether oxygens (including phenoxy) is 1. The Morgan fingerprint density at radius 3 is 2.63 bits per heavy atom. The molecule has 1 rings (SSSR count). The predicted octanol–water partition coefficient (Wildman–Crippen LogP) is 3.17. The van der Waals surface area contributed by atoms with Crippen LogP contribution in [-0.2, 0) is 4.74 Å². The number of halogens is 1. The van der Waals surface area contributed by atoms with Crippen LogP contribution in [0.15, 0.2) is 24.3 Å². The van der Waals surface area contributed by atoms with Crippen molar-refractivity contribution in [1.29, 1.82) is 0 Å². The number of hydrogen-bond donors (Lipinski definition) is 2. The normalized spacial score (nSPS) is 15.3. The molecule has 1 unspecified atom stereocenters. The average Bonchev–Trinajstić information content (AvgIpc) is 2.32. The monoisotopic (exact) mass is 285 g/mol. The van der Waals surface area contributed by atoms with Crippen LogP contribution in [-0.4, -0.2) is 30.0 Å². The van der Waals surface area contributed by atoms with Gasteiger partial charge < -0.3 is 15.2 Å². The second-order valence-corrected chi connectivity index (χ2v) is 6.20. The van der Waals surface area contributed by atoms with Gasteiger partial charge in [0.2, 0.25) is 0 Å². The zero-order valence-electron chi connectivity index (χ0n) is 12.1. The first kappa shape index (κ1) is 16.4. The lowest BCUT2D eigenvalue weighted by atomic mass is 10.1. The molecule has 0 bridgehead atoms. The summed E-state index contributed by atoms with van der Waals surface area (Å²) in [5, 5.41) is 13.8. The first-order valence-corrected chi connectivity index (χ1v) is 6.96. The summed E-state index contributed by atoms with van der Waals surface area (Å²) in [6, 6.07) is 7.86. The molecule has 0 fully saturated rings. The van der Waals surface area contributed by atoms with Crippen LogP contribution in [0.3, 0.4) is 0 Å². The van der Waals surface area contributed by atoms with Gasteiger partial charge in [0, 0.05) is 17.6 Å². The van der Waals surface area contributed by atoms with Gasteiger partial charge in [0.25, 0.3) is 0 Å². The summed E-state index contributed by atoms with van der Waals surface area (Å²) in [5.41, 5.74) is 0.885. The molecule has 3 nitrogen and oxygen atoms in total. The summed E-state index contributed by atoms with van der Waals surface area (Å²) in [6.45, 7) is 8.79. The van der Waals surface area contributed by atoms with Crippen molar-refractivity contribution in [3.63, 3.8) is 0 Å². The Hall–Kier alpha value is -0.610. The van der Waals surface area contributed by atoms with Gasteiger partial charge >= 0.3 is 0 Å². The fourth-order valence-corrected chi connectivity index (χ4v) is 1.81. The highest BCUT2D eigenvalue weighted by Gasteiger charge is 2.14. The van der Waals surface area contributed by atoms with Crippen molar-refractivity contribution in [1.82, 2.24) is 5.32 Å². The van der Waals surface area contributed by atoms with Crippen molar-refractivity contribution in [3.05, 3.63) is 34.9 Å². The van der Waals surface area contributed by atoms with Crippen molar-refractivity contribution in [2.45, 2.75) is 45.4 Å². The van der Waals surface area contributed by atoms with Crippen LogP contribution in [0, 0.1) is 0 Å². The smallest absolute Gasteiger partial charge is 0.0898 e. The van der Waals surface area contributed by atoms with Gasteiger partial charge in [0.15, 0.2) is 0 Å². The molecule has 1 aromatic carbocycles. The van der Waals surface area contributed by atoms with Crippen molar-refractivity contribution in [2.75, 3.05) is 13.2 Å². The molecule has 0 aliphatic heterocycles. The largest absolute Gasteiger partial charge is 0.389 e. The Kier molecular flexibility index (Phi) is 6.27. The summed E-state index contributed by atoms with van der Waals surface area (Å²) >= 11 is 5.95. The Bertz CT molecular complexity index is 390. The fraction of sp³-hybridized carbons (Fsp3) is 0.600. The van der Waals surface area contributed by atoms with Gasteiger partial charge in [0.1, 0.15) is 0 Å². The Balaban J connectivity index is 2.36. The third kappa shape index (κ3) is 6.92. The average molecular weight is 286 g/mol. The van der Waals surface area contributed by atoms with Crippen LogP contribution in [0.25, 0.3) is 0 Å². The molecule has 0 heterocycles. The molecular weight excluding hydrogens is 262 g/mol. The third-order valence-electron chi connectivity index (χ3n) is 2.72. The number of hydrogen-bond acceptors (Lipinski definition) is 3. The first-order chi connectivity index (χ1) is 8.78. The molecule has 0 radical (unpaired) electrons. The van der Waals surface area contributed by atoms with E-state index in [1.807, 2.05) is 52.0 Å². The van der Waals surface area contributed by atoms with E-state index in [-0.39, 0.29) is 11.6 Å². The Labute approximate surface area is 120 Å². The molecule has 4 heteroatoms. The van der Waals surface area contributed by atoms with E-state index in [1.54, 1.807) is 0 Å². The summed E-state index contributed by atoms with van der Waals surface area (Å²) in [7, 11) is 0. The molecule has 2 N–H and O–H groups in total. The van der Waals surface area contributed by atoms with Crippen molar-refractivity contribution < 1.29 is 9.84 Å². The lowest BCUT2D eigenvalue weighted by Gasteiger charge is -2.23. The minimum atomic E-state index is -0.513. The topological polar surface area (TPSA) is 41.5 Å². The minimum Gasteiger partial charge on any atom is -0.389 e. The van der Waals surface area contributed by atoms with E-state index in [2.05, 4.69) is 5.32 Å². The zero-order chi connectivity index (χ0) is 14.5. The molecular formula is C15H24ClNO2. The molecule has 1 aromatic rings. The third-order valence-corrected chi connectivity index (χ3v) is 2.95. The highest BCUT2D eigenvalue weighted by molar-refractivity contribution is 6.30. The quantitative estimate of drug-likeness (QED) is 0.843. The van der Waals surface area contributed by atoms with Gasteiger partial charge in [-0.25, -0.2) is 0 Å². The lowest BCUT2D eigenvalue weighted by molar-refractivity contribution is -0.0482. The molecule has 0 aliphatic carbocycles. The van der Waals surface area contributed by atoms with Gasteiger partial charge in [0.05, 0.1) is 18.3 Å². The van der Waals surface area contributed by atoms with E-state index in [0.29, 0.717) is 13.2 Å². The molecule has 0 amide bonds. The van der Waals surface area contributed by atoms with Crippen LogP contribution in [0.4, 0.5) is 0 Å². The number of aliphatic hydroxyl groups is 1. The second-order valence-electron chi connectivity index (χ2n) is 5.76. The molecule has 2 atom stereocenters. The zero-order valence-corrected chi connectivity index (χ0v) is 12.9. The van der Waals surface area contributed by atoms with Crippen LogP contribution in [0.5, 0.6) is 0 Å². The number of nitrogens with one attached hydrogen (secondary N) is 1. The summed E-state index contributed by atoms with van der Waals surface area (Å²) < 4.78 is 5.54. The van der Waals surface area contributed by atoms with Gasteiger partial charge in [-0.15, -0.1) is 0 Å². The Morgan fingerprint density at radius 2 is 2.05 bits per heavy atom. The highest BCUT2D eigenvalue weighted by atomic mass is 35.5. The highest BCUT2D eigenvalue weighted by Crippen LogP contribution is 2.17. The van der Waals surface area contributed by atoms with Crippen LogP contribution in [0.2, 0.25) is 5.02 Å². The van der Waals surface area contributed by atoms with Crippen molar-refractivity contribution in [2.24, 2.45) is 0 Å². The molecule has 0 saturated heterocycles. The maximum atomic E-state index is 9.85. The van der Waals surface area contributed by atoms with Gasteiger partial charge in [-0.05, 0) is 45.4 Å². The molecule has 0 spiro atoms. The maximum Gasteiger partial charge on any atom is 0.0898 e. The summed E-state index contributed by atoms with van der Waals surface area (Å²) in [6.07, 6.45) is -0.513. The second kappa shape index (κ2) is 7.25. The summed E-state index contributed by atoms with van der Waals surface area (Å²) in [4.78, 5) is 0. The number of benzene rings is 1. The maximum absolute atomic E-state index is 9.85. The molecule has 0 saturated carbocycles. The van der Waals surface area contributed by atoms with Crippen molar-refractivity contribution >= 4 is 11.6 Å². The van der Waals surface area contributed by atoms with E-state index < -0.39 is 6.10 Å². The first-order valence-electron chi connectivity index (χ1n) is 6.59. The van der Waals surface area contributed by atoms with Crippen molar-refractivity contribution in [3.8, 4) is 0 Å². The van der Waals surface area contributed by atoms with E-state index in [9.17, 15) is 5.11 Å². The number of rotatable bonds is 6. The van der Waals surface area contributed by atoms with Crippen LogP contribution >= 0.6 is 11.6 Å². The SMILES string of the molecule is C[C@@H](NCC(O)COC(C)(C)C)c1cccc(Cl)c1. The molecule has 108 valence electrons. The van der Waals surface area contributed by atoms with Gasteiger partial charge in [-0.2, -0.15) is 0 Å². The van der Waals surface area contributed by atoms with Crippen LogP contribution in [0.1, 0.15) is 39.3 Å². The predicted molar refractivity (Wildman–Crippen MR) is 79.6 cm³/mol. The van der Waals surface area contributed by atoms with Crippen LogP contribution < -0.4 is 5.32 Å². The Morgan fingerprint density at radius 1 is 1.37 bits per heavy atom. The van der Waals surface area contributed by atoms with Gasteiger partial charge in [-0.3, -0.25) is 0 Å². The standard InChI is InChI=1S/C15H24ClNO2/c1-11(12-6-5-7-13(16)8-12)17-9-14(18)10-19-15(2,3)4/h5-8,11,14,17-18H,9-10H2,1-4H3/t11-,14?/m1/s1. The van der Waals surface area contributed by atoms with E-state index >= 15 is 0 Å². The van der Waals surface area contributed by atoms with E-state index in [1.165, 1.54) is 0 Å². The molecule has 0 aliphatic rings. The van der Waals surface area contributed by atoms with E-state index in [4.69, 9.17) is 16.3 Å². The fourth-order valence-electron chi connectivity index (χ4n) is 1.61.